The number of hydrogen-bond acceptors (Lipinski definition) is 2. The van der Waals surface area contributed by atoms with Crippen LogP contribution in [0.1, 0.15) is 46.1 Å². The van der Waals surface area contributed by atoms with Crippen LogP contribution in [0.4, 0.5) is 0 Å². The average molecular weight is 393 g/mol. The zero-order valence-electron chi connectivity index (χ0n) is 16.9. The number of hydrogen-bond donors (Lipinski definition) is 0. The summed E-state index contributed by atoms with van der Waals surface area (Å²) in [6.45, 7) is 0. The summed E-state index contributed by atoms with van der Waals surface area (Å²) in [7, 11) is 0. The standard InChI is InChI=1S/C27H24N2O/c30-27(22-16-8-3-9-17-22)26(21-14-6-2-7-15-21)29-25(20-12-4-1-5-13-20)23-18-10-11-19-24(23)28-29/h1-9,12-17,26H,10-11,18-19H2. The highest BCUT2D eigenvalue weighted by Gasteiger charge is 2.31. The first kappa shape index (κ1) is 18.6. The molecule has 1 heterocycles. The van der Waals surface area contributed by atoms with Gasteiger partial charge in [0.05, 0.1) is 11.4 Å². The normalized spacial score (nSPS) is 14.1. The minimum Gasteiger partial charge on any atom is -0.291 e. The molecule has 1 aliphatic carbocycles. The predicted molar refractivity (Wildman–Crippen MR) is 120 cm³/mol. The Bertz CT molecular complexity index is 1150. The highest BCUT2D eigenvalue weighted by molar-refractivity contribution is 6.01. The van der Waals surface area contributed by atoms with Crippen LogP contribution in [0.3, 0.4) is 0 Å². The topological polar surface area (TPSA) is 34.9 Å². The van der Waals surface area contributed by atoms with Crippen molar-refractivity contribution in [1.29, 1.82) is 0 Å². The maximum absolute atomic E-state index is 13.8. The van der Waals surface area contributed by atoms with E-state index in [2.05, 4.69) is 24.3 Å². The zero-order chi connectivity index (χ0) is 20.3. The van der Waals surface area contributed by atoms with Crippen LogP contribution < -0.4 is 0 Å². The molecule has 0 amide bonds. The second-order valence-electron chi connectivity index (χ2n) is 7.84. The molecule has 3 aromatic carbocycles. The summed E-state index contributed by atoms with van der Waals surface area (Å²) in [5.74, 6) is 0.0684. The van der Waals surface area contributed by atoms with Gasteiger partial charge in [0, 0.05) is 16.7 Å². The van der Waals surface area contributed by atoms with E-state index in [9.17, 15) is 4.79 Å². The van der Waals surface area contributed by atoms with Gasteiger partial charge in [0.15, 0.2) is 5.78 Å². The zero-order valence-corrected chi connectivity index (χ0v) is 16.9. The molecular weight excluding hydrogens is 368 g/mol. The second kappa shape index (κ2) is 8.11. The highest BCUT2D eigenvalue weighted by atomic mass is 16.1. The van der Waals surface area contributed by atoms with Gasteiger partial charge in [-0.25, -0.2) is 4.68 Å². The maximum atomic E-state index is 13.8. The lowest BCUT2D eigenvalue weighted by Gasteiger charge is -2.21. The molecule has 0 radical (unpaired) electrons. The van der Waals surface area contributed by atoms with Gasteiger partial charge in [-0.05, 0) is 31.2 Å². The van der Waals surface area contributed by atoms with Gasteiger partial charge in [-0.1, -0.05) is 91.0 Å². The molecule has 1 aliphatic rings. The van der Waals surface area contributed by atoms with Crippen molar-refractivity contribution < 1.29 is 4.79 Å². The van der Waals surface area contributed by atoms with Gasteiger partial charge in [0.1, 0.15) is 6.04 Å². The molecule has 0 bridgehead atoms. The summed E-state index contributed by atoms with van der Waals surface area (Å²) in [4.78, 5) is 13.8. The monoisotopic (exact) mass is 392 g/mol. The minimum atomic E-state index is -0.491. The lowest BCUT2D eigenvalue weighted by atomic mass is 9.92. The number of carbonyl (C=O) groups is 1. The van der Waals surface area contributed by atoms with Crippen molar-refractivity contribution in [3.63, 3.8) is 0 Å². The molecule has 1 unspecified atom stereocenters. The van der Waals surface area contributed by atoms with Crippen molar-refractivity contribution in [3.8, 4) is 11.3 Å². The first-order valence-corrected chi connectivity index (χ1v) is 10.6. The van der Waals surface area contributed by atoms with Crippen LogP contribution in [0.2, 0.25) is 0 Å². The molecule has 3 nitrogen and oxygen atoms in total. The van der Waals surface area contributed by atoms with Gasteiger partial charge in [-0.3, -0.25) is 4.79 Å². The fourth-order valence-electron chi connectivity index (χ4n) is 4.46. The smallest absolute Gasteiger partial charge is 0.191 e. The molecule has 0 N–H and O–H groups in total. The number of aryl methyl sites for hydroxylation is 1. The number of rotatable bonds is 5. The Morgan fingerprint density at radius 3 is 2.07 bits per heavy atom. The number of aromatic nitrogens is 2. The summed E-state index contributed by atoms with van der Waals surface area (Å²) in [6.07, 6.45) is 4.31. The average Bonchev–Trinajstić information content (AvgIpc) is 3.20. The molecule has 0 saturated carbocycles. The van der Waals surface area contributed by atoms with Crippen LogP contribution in [-0.4, -0.2) is 15.6 Å². The van der Waals surface area contributed by atoms with E-state index in [1.54, 1.807) is 0 Å². The van der Waals surface area contributed by atoms with Gasteiger partial charge >= 0.3 is 0 Å². The summed E-state index contributed by atoms with van der Waals surface area (Å²) in [5, 5.41) is 5.05. The van der Waals surface area contributed by atoms with Gasteiger partial charge in [0.25, 0.3) is 0 Å². The number of benzene rings is 3. The molecule has 0 fully saturated rings. The van der Waals surface area contributed by atoms with Crippen LogP contribution >= 0.6 is 0 Å². The maximum Gasteiger partial charge on any atom is 0.191 e. The van der Waals surface area contributed by atoms with E-state index in [4.69, 9.17) is 5.10 Å². The molecule has 0 aliphatic heterocycles. The third-order valence-corrected chi connectivity index (χ3v) is 5.90. The fraction of sp³-hybridized carbons (Fsp3) is 0.185. The van der Waals surface area contributed by atoms with E-state index in [0.29, 0.717) is 5.56 Å². The van der Waals surface area contributed by atoms with Gasteiger partial charge < -0.3 is 0 Å². The SMILES string of the molecule is O=C(c1ccccc1)C(c1ccccc1)n1nc2c(c1-c1ccccc1)CCCC2. The third-order valence-electron chi connectivity index (χ3n) is 5.90. The number of nitrogens with zero attached hydrogens (tertiary/aromatic N) is 2. The number of fused-ring (bicyclic) bond motifs is 1. The van der Waals surface area contributed by atoms with E-state index in [0.717, 1.165) is 41.8 Å². The molecule has 0 spiro atoms. The Balaban J connectivity index is 1.74. The van der Waals surface area contributed by atoms with Gasteiger partial charge in [-0.15, -0.1) is 0 Å². The molecule has 5 rings (SSSR count). The Labute approximate surface area is 177 Å². The van der Waals surface area contributed by atoms with E-state index >= 15 is 0 Å². The van der Waals surface area contributed by atoms with Crippen molar-refractivity contribution in [2.75, 3.05) is 0 Å². The number of carbonyl (C=O) groups excluding carboxylic acids is 1. The summed E-state index contributed by atoms with van der Waals surface area (Å²) in [6, 6.07) is 29.5. The summed E-state index contributed by atoms with van der Waals surface area (Å²) in [5.41, 5.74) is 6.32. The second-order valence-corrected chi connectivity index (χ2v) is 7.84. The summed E-state index contributed by atoms with van der Waals surface area (Å²) >= 11 is 0. The summed E-state index contributed by atoms with van der Waals surface area (Å²) < 4.78 is 2.00. The van der Waals surface area contributed by atoms with Crippen molar-refractivity contribution in [3.05, 3.63) is 113 Å². The largest absolute Gasteiger partial charge is 0.291 e. The number of Topliss-reactive ketones (excluding diaryl/α,β-unsaturated/α-hetero) is 1. The quantitative estimate of drug-likeness (QED) is 0.396. The minimum absolute atomic E-state index is 0.0684. The molecule has 30 heavy (non-hydrogen) atoms. The van der Waals surface area contributed by atoms with Crippen LogP contribution in [-0.2, 0) is 12.8 Å². The molecule has 148 valence electrons. The Morgan fingerprint density at radius 2 is 1.37 bits per heavy atom. The van der Waals surface area contributed by atoms with Crippen LogP contribution in [0, 0.1) is 0 Å². The van der Waals surface area contributed by atoms with E-state index in [1.807, 2.05) is 71.4 Å². The van der Waals surface area contributed by atoms with E-state index in [-0.39, 0.29) is 5.78 Å². The van der Waals surface area contributed by atoms with Gasteiger partial charge in [-0.2, -0.15) is 5.10 Å². The first-order chi connectivity index (χ1) is 14.8. The van der Waals surface area contributed by atoms with Crippen LogP contribution in [0.15, 0.2) is 91.0 Å². The lowest BCUT2D eigenvalue weighted by Crippen LogP contribution is -2.23. The van der Waals surface area contributed by atoms with Crippen molar-refractivity contribution >= 4 is 5.78 Å². The molecule has 1 aromatic heterocycles. The fourth-order valence-corrected chi connectivity index (χ4v) is 4.46. The molecule has 0 saturated heterocycles. The van der Waals surface area contributed by atoms with E-state index < -0.39 is 6.04 Å². The molecular formula is C27H24N2O. The molecule has 3 heteroatoms. The molecule has 1 atom stereocenters. The van der Waals surface area contributed by atoms with Crippen molar-refractivity contribution in [2.45, 2.75) is 31.7 Å². The van der Waals surface area contributed by atoms with Crippen molar-refractivity contribution in [2.24, 2.45) is 0 Å². The van der Waals surface area contributed by atoms with Crippen LogP contribution in [0.25, 0.3) is 11.3 Å². The first-order valence-electron chi connectivity index (χ1n) is 10.6. The highest BCUT2D eigenvalue weighted by Crippen LogP contribution is 2.36. The van der Waals surface area contributed by atoms with Crippen LogP contribution in [0.5, 0.6) is 0 Å². The lowest BCUT2D eigenvalue weighted by molar-refractivity contribution is 0.0940. The predicted octanol–water partition coefficient (Wildman–Crippen LogP) is 5.90. The Morgan fingerprint density at radius 1 is 0.767 bits per heavy atom. The Kier molecular flexibility index (Phi) is 5.02. The van der Waals surface area contributed by atoms with Gasteiger partial charge in [0.2, 0.25) is 0 Å². The third kappa shape index (κ3) is 3.37. The number of ketones is 1. The van der Waals surface area contributed by atoms with Crippen molar-refractivity contribution in [1.82, 2.24) is 9.78 Å². The van der Waals surface area contributed by atoms with E-state index in [1.165, 1.54) is 12.0 Å². The Hall–Kier alpha value is -3.46. The molecule has 4 aromatic rings.